The molecule has 0 bridgehead atoms. The van der Waals surface area contributed by atoms with Gasteiger partial charge in [0.05, 0.1) is 6.54 Å². The van der Waals surface area contributed by atoms with Crippen LogP contribution in [0.2, 0.25) is 0 Å². The summed E-state index contributed by atoms with van der Waals surface area (Å²) < 4.78 is 11.7. The fraction of sp³-hybridized carbons (Fsp3) is 0.632. The van der Waals surface area contributed by atoms with Crippen molar-refractivity contribution in [3.05, 3.63) is 24.3 Å². The van der Waals surface area contributed by atoms with E-state index in [1.54, 1.807) is 4.90 Å². The molecular weight excluding hydrogens is 304 g/mol. The minimum atomic E-state index is -0.111. The number of nitrogens with one attached hydrogen (secondary N) is 1. The van der Waals surface area contributed by atoms with Crippen LogP contribution in [0.3, 0.4) is 0 Å². The number of amides is 1. The highest BCUT2D eigenvalue weighted by molar-refractivity contribution is 5.76. The number of hydrogen-bond donors (Lipinski definition) is 1. The molecule has 2 aliphatic heterocycles. The van der Waals surface area contributed by atoms with E-state index >= 15 is 0 Å². The standard InChI is InChI=1S/C19H28N2O3/c1-14(15-6-5-9-20-11-15)10-19(22)21(2)12-16-13-23-17-7-3-4-8-18(17)24-16/h3-4,7-8,14-16,20H,5-6,9-13H2,1-2H3. The highest BCUT2D eigenvalue weighted by atomic mass is 16.6. The minimum Gasteiger partial charge on any atom is -0.486 e. The van der Waals surface area contributed by atoms with Crippen molar-refractivity contribution in [2.24, 2.45) is 11.8 Å². The molecule has 24 heavy (non-hydrogen) atoms. The Balaban J connectivity index is 1.48. The second kappa shape index (κ2) is 7.88. The normalized spacial score (nSPS) is 24.2. The Bertz CT molecular complexity index is 557. The summed E-state index contributed by atoms with van der Waals surface area (Å²) in [6, 6.07) is 7.67. The van der Waals surface area contributed by atoms with E-state index in [0.717, 1.165) is 24.6 Å². The molecule has 0 aliphatic carbocycles. The maximum Gasteiger partial charge on any atom is 0.222 e. The Hall–Kier alpha value is -1.75. The van der Waals surface area contributed by atoms with E-state index < -0.39 is 0 Å². The number of rotatable bonds is 5. The number of carbonyl (C=O) groups is 1. The smallest absolute Gasteiger partial charge is 0.222 e. The maximum absolute atomic E-state index is 12.5. The molecule has 1 fully saturated rings. The van der Waals surface area contributed by atoms with Crippen LogP contribution in [0.4, 0.5) is 0 Å². The molecular formula is C19H28N2O3. The van der Waals surface area contributed by atoms with Crippen molar-refractivity contribution in [1.82, 2.24) is 10.2 Å². The molecule has 2 heterocycles. The fourth-order valence-corrected chi connectivity index (χ4v) is 3.52. The third-order valence-electron chi connectivity index (χ3n) is 5.11. The lowest BCUT2D eigenvalue weighted by Crippen LogP contribution is -2.42. The fourth-order valence-electron chi connectivity index (χ4n) is 3.52. The van der Waals surface area contributed by atoms with Crippen LogP contribution in [0.5, 0.6) is 11.5 Å². The van der Waals surface area contributed by atoms with Crippen molar-refractivity contribution in [1.29, 1.82) is 0 Å². The summed E-state index contributed by atoms with van der Waals surface area (Å²) in [5.74, 6) is 2.75. The Morgan fingerprint density at radius 3 is 2.92 bits per heavy atom. The summed E-state index contributed by atoms with van der Waals surface area (Å²) in [4.78, 5) is 14.3. The number of fused-ring (bicyclic) bond motifs is 1. The van der Waals surface area contributed by atoms with Crippen LogP contribution in [-0.4, -0.2) is 50.2 Å². The minimum absolute atomic E-state index is 0.111. The molecule has 1 aromatic rings. The van der Waals surface area contributed by atoms with E-state index in [-0.39, 0.29) is 12.0 Å². The van der Waals surface area contributed by atoms with Crippen molar-refractivity contribution < 1.29 is 14.3 Å². The van der Waals surface area contributed by atoms with Gasteiger partial charge in [-0.15, -0.1) is 0 Å². The first-order chi connectivity index (χ1) is 11.6. The molecule has 5 heteroatoms. The van der Waals surface area contributed by atoms with Crippen molar-refractivity contribution >= 4 is 5.91 Å². The molecule has 132 valence electrons. The first kappa shape index (κ1) is 17.1. The van der Waals surface area contributed by atoms with E-state index in [1.165, 1.54) is 12.8 Å². The van der Waals surface area contributed by atoms with Crippen molar-refractivity contribution in [3.63, 3.8) is 0 Å². The number of likely N-dealkylation sites (N-methyl/N-ethyl adjacent to an activating group) is 1. The lowest BCUT2D eigenvalue weighted by molar-refractivity contribution is -0.132. The average molecular weight is 332 g/mol. The molecule has 0 aromatic heterocycles. The Morgan fingerprint density at radius 1 is 1.38 bits per heavy atom. The van der Waals surface area contributed by atoms with E-state index in [9.17, 15) is 4.79 Å². The zero-order valence-corrected chi connectivity index (χ0v) is 14.7. The van der Waals surface area contributed by atoms with Gasteiger partial charge in [-0.25, -0.2) is 0 Å². The van der Waals surface area contributed by atoms with Gasteiger partial charge in [0.15, 0.2) is 17.6 Å². The van der Waals surface area contributed by atoms with E-state index in [0.29, 0.717) is 31.4 Å². The lowest BCUT2D eigenvalue weighted by atomic mass is 9.85. The summed E-state index contributed by atoms with van der Waals surface area (Å²) in [7, 11) is 1.86. The van der Waals surface area contributed by atoms with Gasteiger partial charge in [-0.05, 0) is 49.9 Å². The quantitative estimate of drug-likeness (QED) is 0.899. The number of hydrogen-bond acceptors (Lipinski definition) is 4. The largest absolute Gasteiger partial charge is 0.486 e. The number of benzene rings is 1. The van der Waals surface area contributed by atoms with Crippen LogP contribution >= 0.6 is 0 Å². The zero-order chi connectivity index (χ0) is 16.9. The molecule has 1 saturated heterocycles. The highest BCUT2D eigenvalue weighted by Gasteiger charge is 2.26. The molecule has 0 spiro atoms. The molecule has 1 amide bonds. The second-order valence-electron chi connectivity index (χ2n) is 7.06. The van der Waals surface area contributed by atoms with Gasteiger partial charge in [0, 0.05) is 13.5 Å². The number of para-hydroxylation sites is 2. The SMILES string of the molecule is CC(CC(=O)N(C)CC1COc2ccccc2O1)C1CCCNC1. The summed E-state index contributed by atoms with van der Waals surface area (Å²) in [5, 5.41) is 3.43. The van der Waals surface area contributed by atoms with Crippen LogP contribution in [0.1, 0.15) is 26.2 Å². The Kier molecular flexibility index (Phi) is 5.61. The van der Waals surface area contributed by atoms with Crippen molar-refractivity contribution in [3.8, 4) is 11.5 Å². The highest BCUT2D eigenvalue weighted by Crippen LogP contribution is 2.31. The van der Waals surface area contributed by atoms with Gasteiger partial charge in [0.1, 0.15) is 6.61 Å². The Labute approximate surface area is 144 Å². The molecule has 3 atom stereocenters. The summed E-state index contributed by atoms with van der Waals surface area (Å²) in [5.41, 5.74) is 0. The maximum atomic E-state index is 12.5. The lowest BCUT2D eigenvalue weighted by Gasteiger charge is -2.31. The predicted molar refractivity (Wildman–Crippen MR) is 93.4 cm³/mol. The first-order valence-corrected chi connectivity index (χ1v) is 8.96. The molecule has 0 saturated carbocycles. The molecule has 0 radical (unpaired) electrons. The van der Waals surface area contributed by atoms with Crippen molar-refractivity contribution in [2.75, 3.05) is 33.3 Å². The van der Waals surface area contributed by atoms with Gasteiger partial charge in [0.25, 0.3) is 0 Å². The number of piperidine rings is 1. The summed E-state index contributed by atoms with van der Waals surface area (Å²) in [6.45, 7) is 5.38. The monoisotopic (exact) mass is 332 g/mol. The van der Waals surface area contributed by atoms with Crippen LogP contribution in [0.25, 0.3) is 0 Å². The van der Waals surface area contributed by atoms with Gasteiger partial charge in [-0.1, -0.05) is 19.1 Å². The Morgan fingerprint density at radius 2 is 2.17 bits per heavy atom. The van der Waals surface area contributed by atoms with Crippen LogP contribution < -0.4 is 14.8 Å². The van der Waals surface area contributed by atoms with Crippen LogP contribution in [0.15, 0.2) is 24.3 Å². The zero-order valence-electron chi connectivity index (χ0n) is 14.7. The van der Waals surface area contributed by atoms with E-state index in [2.05, 4.69) is 12.2 Å². The first-order valence-electron chi connectivity index (χ1n) is 8.96. The third kappa shape index (κ3) is 4.20. The van der Waals surface area contributed by atoms with Gasteiger partial charge < -0.3 is 19.7 Å². The van der Waals surface area contributed by atoms with E-state index in [4.69, 9.17) is 9.47 Å². The third-order valence-corrected chi connectivity index (χ3v) is 5.11. The molecule has 3 rings (SSSR count). The molecule has 1 N–H and O–H groups in total. The van der Waals surface area contributed by atoms with Crippen LogP contribution in [-0.2, 0) is 4.79 Å². The average Bonchev–Trinajstić information content (AvgIpc) is 2.62. The van der Waals surface area contributed by atoms with Gasteiger partial charge in [-0.3, -0.25) is 4.79 Å². The van der Waals surface area contributed by atoms with Gasteiger partial charge in [0.2, 0.25) is 5.91 Å². The number of carbonyl (C=O) groups excluding carboxylic acids is 1. The molecule has 5 nitrogen and oxygen atoms in total. The topological polar surface area (TPSA) is 50.8 Å². The summed E-state index contributed by atoms with van der Waals surface area (Å²) >= 11 is 0. The van der Waals surface area contributed by atoms with E-state index in [1.807, 2.05) is 31.3 Å². The van der Waals surface area contributed by atoms with Gasteiger partial charge in [-0.2, -0.15) is 0 Å². The molecule has 1 aromatic carbocycles. The predicted octanol–water partition coefficient (Wildman–Crippen LogP) is 2.31. The molecule has 3 unspecified atom stereocenters. The number of ether oxygens (including phenoxy) is 2. The van der Waals surface area contributed by atoms with Crippen LogP contribution in [0, 0.1) is 11.8 Å². The van der Waals surface area contributed by atoms with Crippen molar-refractivity contribution in [2.45, 2.75) is 32.3 Å². The summed E-state index contributed by atoms with van der Waals surface area (Å²) in [6.07, 6.45) is 2.93. The number of nitrogens with zero attached hydrogens (tertiary/aromatic N) is 1. The second-order valence-corrected chi connectivity index (χ2v) is 7.06. The van der Waals surface area contributed by atoms with Gasteiger partial charge >= 0.3 is 0 Å². The molecule has 2 aliphatic rings.